The molecule has 0 amide bonds. The number of thioether (sulfide) groups is 1. The third-order valence-electron chi connectivity index (χ3n) is 1.49. The van der Waals surface area contributed by atoms with Gasteiger partial charge in [0.2, 0.25) is 0 Å². The minimum absolute atomic E-state index is 0.786. The molecule has 68 valence electrons. The Hall–Kier alpha value is -1.15. The van der Waals surface area contributed by atoms with Gasteiger partial charge in [0.25, 0.3) is 0 Å². The third-order valence-corrected chi connectivity index (χ3v) is 2.39. The molecule has 0 radical (unpaired) electrons. The van der Waals surface area contributed by atoms with Gasteiger partial charge in [-0.2, -0.15) is 0 Å². The maximum Gasteiger partial charge on any atom is 0.124 e. The van der Waals surface area contributed by atoms with E-state index in [1.165, 1.54) is 4.90 Å². The van der Waals surface area contributed by atoms with Crippen molar-refractivity contribution in [3.05, 3.63) is 54.2 Å². The second-order valence-corrected chi connectivity index (χ2v) is 3.30. The monoisotopic (exact) mass is 192 g/mol. The van der Waals surface area contributed by atoms with Crippen molar-refractivity contribution in [2.24, 2.45) is 0 Å². The van der Waals surface area contributed by atoms with Crippen LogP contribution in [0.3, 0.4) is 0 Å². The van der Waals surface area contributed by atoms with E-state index in [9.17, 15) is 0 Å². The lowest BCUT2D eigenvalue weighted by molar-refractivity contribution is 0.308. The Bertz CT molecular complexity index is 290. The van der Waals surface area contributed by atoms with Crippen LogP contribution in [0.2, 0.25) is 0 Å². The minimum Gasteiger partial charge on any atom is -0.496 e. The molecule has 0 saturated carbocycles. The van der Waals surface area contributed by atoms with E-state index in [2.05, 4.69) is 18.7 Å². The maximum atomic E-state index is 5.04. The van der Waals surface area contributed by atoms with Crippen LogP contribution in [0.4, 0.5) is 0 Å². The average Bonchev–Trinajstić information content (AvgIpc) is 2.21. The van der Waals surface area contributed by atoms with Gasteiger partial charge in [0.1, 0.15) is 5.76 Å². The molecule has 2 heteroatoms. The Morgan fingerprint density at radius 2 is 2.08 bits per heavy atom. The Labute approximate surface area is 83.1 Å². The second kappa shape index (κ2) is 5.49. The summed E-state index contributed by atoms with van der Waals surface area (Å²) in [7, 11) is 1.64. The lowest BCUT2D eigenvalue weighted by Crippen LogP contribution is -1.78. The van der Waals surface area contributed by atoms with E-state index in [-0.39, 0.29) is 0 Å². The number of rotatable bonds is 4. The van der Waals surface area contributed by atoms with Gasteiger partial charge >= 0.3 is 0 Å². The van der Waals surface area contributed by atoms with Crippen molar-refractivity contribution in [1.29, 1.82) is 0 Å². The van der Waals surface area contributed by atoms with Crippen LogP contribution in [0, 0.1) is 0 Å². The third kappa shape index (κ3) is 3.38. The molecule has 0 heterocycles. The topological polar surface area (TPSA) is 9.23 Å². The number of methoxy groups -OCH3 is 1. The SMILES string of the molecule is C=CC(=CSc1ccccc1)OC. The van der Waals surface area contributed by atoms with E-state index < -0.39 is 0 Å². The van der Waals surface area contributed by atoms with Crippen LogP contribution in [0.15, 0.2) is 59.0 Å². The first kappa shape index (κ1) is 9.93. The van der Waals surface area contributed by atoms with Gasteiger partial charge in [0.15, 0.2) is 0 Å². The van der Waals surface area contributed by atoms with Crippen molar-refractivity contribution in [3.63, 3.8) is 0 Å². The highest BCUT2D eigenvalue weighted by atomic mass is 32.2. The average molecular weight is 192 g/mol. The summed E-state index contributed by atoms with van der Waals surface area (Å²) < 4.78 is 5.04. The van der Waals surface area contributed by atoms with Crippen LogP contribution in [0.1, 0.15) is 0 Å². The smallest absolute Gasteiger partial charge is 0.124 e. The van der Waals surface area contributed by atoms with Crippen LogP contribution >= 0.6 is 11.8 Å². The fourth-order valence-electron chi connectivity index (χ4n) is 0.805. The molecule has 0 N–H and O–H groups in total. The molecular formula is C11H12OS. The number of allylic oxidation sites excluding steroid dienone is 1. The van der Waals surface area contributed by atoms with Gasteiger partial charge in [0.05, 0.1) is 7.11 Å². The summed E-state index contributed by atoms with van der Waals surface area (Å²) in [6, 6.07) is 10.1. The van der Waals surface area contributed by atoms with Crippen molar-refractivity contribution in [2.45, 2.75) is 4.90 Å². The highest BCUT2D eigenvalue weighted by molar-refractivity contribution is 8.02. The molecule has 0 bridgehead atoms. The molecule has 0 fully saturated rings. The van der Waals surface area contributed by atoms with E-state index >= 15 is 0 Å². The molecule has 0 aliphatic carbocycles. The van der Waals surface area contributed by atoms with E-state index in [0.717, 1.165) is 5.76 Å². The molecule has 0 atom stereocenters. The molecular weight excluding hydrogens is 180 g/mol. The van der Waals surface area contributed by atoms with Crippen molar-refractivity contribution in [3.8, 4) is 0 Å². The lowest BCUT2D eigenvalue weighted by atomic mass is 10.4. The first-order chi connectivity index (χ1) is 6.36. The second-order valence-electron chi connectivity index (χ2n) is 2.36. The fraction of sp³-hybridized carbons (Fsp3) is 0.0909. The van der Waals surface area contributed by atoms with Crippen molar-refractivity contribution in [1.82, 2.24) is 0 Å². The van der Waals surface area contributed by atoms with Crippen molar-refractivity contribution in [2.75, 3.05) is 7.11 Å². The van der Waals surface area contributed by atoms with Crippen LogP contribution in [0.5, 0.6) is 0 Å². The zero-order chi connectivity index (χ0) is 9.52. The Morgan fingerprint density at radius 1 is 1.38 bits per heavy atom. The summed E-state index contributed by atoms with van der Waals surface area (Å²) in [6.45, 7) is 3.64. The zero-order valence-corrected chi connectivity index (χ0v) is 8.38. The van der Waals surface area contributed by atoms with E-state index in [1.54, 1.807) is 24.9 Å². The molecule has 0 saturated heterocycles. The largest absolute Gasteiger partial charge is 0.496 e. The highest BCUT2D eigenvalue weighted by Gasteiger charge is 1.90. The fourth-order valence-corrected chi connectivity index (χ4v) is 1.56. The molecule has 1 rings (SSSR count). The number of hydrogen-bond acceptors (Lipinski definition) is 2. The van der Waals surface area contributed by atoms with E-state index in [0.29, 0.717) is 0 Å². The lowest BCUT2D eigenvalue weighted by Gasteiger charge is -1.99. The molecule has 0 aliphatic rings. The predicted molar refractivity (Wildman–Crippen MR) is 57.6 cm³/mol. The van der Waals surface area contributed by atoms with Gasteiger partial charge < -0.3 is 4.74 Å². The molecule has 0 spiro atoms. The molecule has 1 aromatic rings. The molecule has 0 aliphatic heterocycles. The summed E-state index contributed by atoms with van der Waals surface area (Å²) in [5.41, 5.74) is 0. The summed E-state index contributed by atoms with van der Waals surface area (Å²) >= 11 is 1.62. The standard InChI is InChI=1S/C11H12OS/c1-3-10(12-2)9-13-11-7-5-4-6-8-11/h3-9H,1H2,2H3. The Morgan fingerprint density at radius 3 is 2.62 bits per heavy atom. The van der Waals surface area contributed by atoms with Crippen molar-refractivity contribution >= 4 is 11.8 Å². The van der Waals surface area contributed by atoms with Crippen LogP contribution in [-0.4, -0.2) is 7.11 Å². The van der Waals surface area contributed by atoms with E-state index in [1.807, 2.05) is 23.6 Å². The molecule has 0 aromatic heterocycles. The minimum atomic E-state index is 0.786. The van der Waals surface area contributed by atoms with Gasteiger partial charge in [-0.3, -0.25) is 0 Å². The quantitative estimate of drug-likeness (QED) is 0.410. The summed E-state index contributed by atoms with van der Waals surface area (Å²) in [4.78, 5) is 1.19. The Balaban J connectivity index is 2.60. The maximum absolute atomic E-state index is 5.04. The first-order valence-corrected chi connectivity index (χ1v) is 4.83. The van der Waals surface area contributed by atoms with Gasteiger partial charge in [-0.05, 0) is 18.2 Å². The van der Waals surface area contributed by atoms with Gasteiger partial charge in [0, 0.05) is 10.3 Å². The van der Waals surface area contributed by atoms with Gasteiger partial charge in [-0.25, -0.2) is 0 Å². The molecule has 1 nitrogen and oxygen atoms in total. The zero-order valence-electron chi connectivity index (χ0n) is 7.57. The molecule has 0 unspecified atom stereocenters. The van der Waals surface area contributed by atoms with Crippen LogP contribution in [-0.2, 0) is 4.74 Å². The van der Waals surface area contributed by atoms with Gasteiger partial charge in [-0.1, -0.05) is 36.5 Å². The number of ether oxygens (including phenoxy) is 1. The van der Waals surface area contributed by atoms with E-state index in [4.69, 9.17) is 4.74 Å². The number of benzene rings is 1. The normalized spacial score (nSPS) is 11.0. The molecule has 13 heavy (non-hydrogen) atoms. The van der Waals surface area contributed by atoms with Crippen LogP contribution < -0.4 is 0 Å². The summed E-state index contributed by atoms with van der Waals surface area (Å²) in [6.07, 6.45) is 1.69. The Kier molecular flexibility index (Phi) is 4.19. The molecule has 1 aromatic carbocycles. The summed E-state index contributed by atoms with van der Waals surface area (Å²) in [5, 5.41) is 1.93. The number of hydrogen-bond donors (Lipinski definition) is 0. The van der Waals surface area contributed by atoms with Crippen molar-refractivity contribution < 1.29 is 4.74 Å². The first-order valence-electron chi connectivity index (χ1n) is 3.95. The highest BCUT2D eigenvalue weighted by Crippen LogP contribution is 2.20. The predicted octanol–water partition coefficient (Wildman–Crippen LogP) is 3.45. The van der Waals surface area contributed by atoms with Crippen LogP contribution in [0.25, 0.3) is 0 Å². The van der Waals surface area contributed by atoms with Gasteiger partial charge in [-0.15, -0.1) is 0 Å². The summed E-state index contributed by atoms with van der Waals surface area (Å²) in [5.74, 6) is 0.786.